The van der Waals surface area contributed by atoms with Crippen molar-refractivity contribution in [2.45, 2.75) is 45.2 Å². The van der Waals surface area contributed by atoms with Gasteiger partial charge in [0.1, 0.15) is 6.04 Å². The Morgan fingerprint density at radius 3 is 2.70 bits per heavy atom. The zero-order chi connectivity index (χ0) is 16.2. The van der Waals surface area contributed by atoms with Gasteiger partial charge in [0, 0.05) is 19.2 Å². The average molecular weight is 312 g/mol. The minimum Gasteiger partial charge on any atom is -0.341 e. The van der Waals surface area contributed by atoms with Crippen LogP contribution in [0.25, 0.3) is 0 Å². The van der Waals surface area contributed by atoms with E-state index in [2.05, 4.69) is 5.32 Å². The number of carbonyl (C=O) groups is 2. The lowest BCUT2D eigenvalue weighted by Crippen LogP contribution is -2.51. The summed E-state index contributed by atoms with van der Waals surface area (Å²) in [6.45, 7) is 3.38. The molecule has 0 spiro atoms. The molecule has 1 unspecified atom stereocenters. The van der Waals surface area contributed by atoms with E-state index >= 15 is 0 Å². The van der Waals surface area contributed by atoms with Crippen molar-refractivity contribution < 1.29 is 9.59 Å². The van der Waals surface area contributed by atoms with Crippen molar-refractivity contribution in [2.24, 2.45) is 5.92 Å². The Hall–Kier alpha value is -2.10. The number of hydrogen-bond donors (Lipinski definition) is 1. The number of piperidine rings is 1. The first-order chi connectivity index (χ1) is 11.1. The molecule has 23 heavy (non-hydrogen) atoms. The van der Waals surface area contributed by atoms with Gasteiger partial charge in [-0.05, 0) is 44.1 Å². The fraction of sp³-hybridized carbons (Fsp3) is 0.474. The zero-order valence-corrected chi connectivity index (χ0v) is 13.6. The molecule has 0 bridgehead atoms. The van der Waals surface area contributed by atoms with Gasteiger partial charge >= 0.3 is 0 Å². The Labute approximate surface area is 137 Å². The second kappa shape index (κ2) is 6.99. The van der Waals surface area contributed by atoms with Crippen molar-refractivity contribution in [1.82, 2.24) is 10.2 Å². The van der Waals surface area contributed by atoms with Crippen molar-refractivity contribution >= 4 is 11.8 Å². The highest BCUT2D eigenvalue weighted by atomic mass is 16.2. The molecule has 3 rings (SSSR count). The number of carbonyl (C=O) groups excluding carboxylic acids is 2. The number of hydrogen-bond acceptors (Lipinski definition) is 2. The standard InChI is InChI=1S/C19H24N2O2/c1-14(16-9-10-16)12-18(22)20-17-8-5-11-21(19(17)23)13-15-6-3-2-4-7-15/h2-4,6-7,12,16-17H,5,8-11,13H2,1H3,(H,20,22). The van der Waals surface area contributed by atoms with E-state index in [0.29, 0.717) is 12.5 Å². The third-order valence-electron chi connectivity index (χ3n) is 4.64. The van der Waals surface area contributed by atoms with E-state index in [9.17, 15) is 9.59 Å². The summed E-state index contributed by atoms with van der Waals surface area (Å²) >= 11 is 0. The fourth-order valence-electron chi connectivity index (χ4n) is 3.11. The van der Waals surface area contributed by atoms with Crippen LogP contribution < -0.4 is 5.32 Å². The molecule has 1 saturated heterocycles. The summed E-state index contributed by atoms with van der Waals surface area (Å²) in [5, 5.41) is 2.89. The Balaban J connectivity index is 1.58. The highest BCUT2D eigenvalue weighted by Gasteiger charge is 2.30. The van der Waals surface area contributed by atoms with Crippen LogP contribution in [-0.2, 0) is 16.1 Å². The van der Waals surface area contributed by atoms with Gasteiger partial charge in [0.2, 0.25) is 11.8 Å². The van der Waals surface area contributed by atoms with E-state index in [4.69, 9.17) is 0 Å². The van der Waals surface area contributed by atoms with Crippen LogP contribution in [0.5, 0.6) is 0 Å². The van der Waals surface area contributed by atoms with Gasteiger partial charge in [-0.3, -0.25) is 9.59 Å². The van der Waals surface area contributed by atoms with Crippen LogP contribution in [0.1, 0.15) is 38.2 Å². The number of likely N-dealkylation sites (tertiary alicyclic amines) is 1. The van der Waals surface area contributed by atoms with Crippen LogP contribution in [0, 0.1) is 5.92 Å². The minimum atomic E-state index is -0.386. The molecule has 1 atom stereocenters. The molecule has 2 amide bonds. The summed E-state index contributed by atoms with van der Waals surface area (Å²) < 4.78 is 0. The number of amides is 2. The maximum atomic E-state index is 12.6. The smallest absolute Gasteiger partial charge is 0.245 e. The van der Waals surface area contributed by atoms with Crippen LogP contribution in [0.4, 0.5) is 0 Å². The number of nitrogens with one attached hydrogen (secondary N) is 1. The van der Waals surface area contributed by atoms with E-state index in [-0.39, 0.29) is 17.9 Å². The first-order valence-electron chi connectivity index (χ1n) is 8.45. The number of benzene rings is 1. The van der Waals surface area contributed by atoms with Gasteiger partial charge in [-0.15, -0.1) is 0 Å². The molecule has 1 heterocycles. The Morgan fingerprint density at radius 2 is 2.00 bits per heavy atom. The molecule has 2 aliphatic rings. The van der Waals surface area contributed by atoms with Gasteiger partial charge in [0.05, 0.1) is 0 Å². The van der Waals surface area contributed by atoms with Crippen LogP contribution >= 0.6 is 0 Å². The predicted octanol–water partition coefficient (Wildman–Crippen LogP) is 2.65. The van der Waals surface area contributed by atoms with Crippen molar-refractivity contribution in [3.05, 3.63) is 47.5 Å². The van der Waals surface area contributed by atoms with Crippen LogP contribution in [0.2, 0.25) is 0 Å². The topological polar surface area (TPSA) is 49.4 Å². The lowest BCUT2D eigenvalue weighted by Gasteiger charge is -2.32. The van der Waals surface area contributed by atoms with Crippen molar-refractivity contribution in [3.8, 4) is 0 Å². The van der Waals surface area contributed by atoms with Gasteiger partial charge < -0.3 is 10.2 Å². The zero-order valence-electron chi connectivity index (χ0n) is 13.6. The fourth-order valence-corrected chi connectivity index (χ4v) is 3.11. The number of nitrogens with zero attached hydrogens (tertiary/aromatic N) is 1. The summed E-state index contributed by atoms with van der Waals surface area (Å²) in [4.78, 5) is 26.5. The Morgan fingerprint density at radius 1 is 1.26 bits per heavy atom. The molecule has 1 aromatic rings. The van der Waals surface area contributed by atoms with Crippen molar-refractivity contribution in [3.63, 3.8) is 0 Å². The average Bonchev–Trinajstić information content (AvgIpc) is 3.37. The Bertz CT molecular complexity index is 605. The van der Waals surface area contributed by atoms with E-state index in [1.807, 2.05) is 42.2 Å². The second-order valence-corrected chi connectivity index (χ2v) is 6.61. The molecule has 122 valence electrons. The number of rotatable bonds is 5. The first kappa shape index (κ1) is 15.8. The second-order valence-electron chi connectivity index (χ2n) is 6.61. The highest BCUT2D eigenvalue weighted by Crippen LogP contribution is 2.35. The molecule has 1 N–H and O–H groups in total. The molecule has 2 fully saturated rings. The molecule has 1 aliphatic heterocycles. The third kappa shape index (κ3) is 4.21. The molecule has 0 aromatic heterocycles. The maximum Gasteiger partial charge on any atom is 0.245 e. The molecule has 1 aromatic carbocycles. The van der Waals surface area contributed by atoms with Crippen LogP contribution in [0.3, 0.4) is 0 Å². The van der Waals surface area contributed by atoms with Crippen molar-refractivity contribution in [2.75, 3.05) is 6.54 Å². The molecular weight excluding hydrogens is 288 g/mol. The summed E-state index contributed by atoms with van der Waals surface area (Å²) in [5.74, 6) is 0.484. The van der Waals surface area contributed by atoms with E-state index in [1.54, 1.807) is 6.08 Å². The minimum absolute atomic E-state index is 0.0333. The largest absolute Gasteiger partial charge is 0.341 e. The van der Waals surface area contributed by atoms with Gasteiger partial charge in [0.15, 0.2) is 0 Å². The molecule has 0 radical (unpaired) electrons. The third-order valence-corrected chi connectivity index (χ3v) is 4.64. The van der Waals surface area contributed by atoms with E-state index in [0.717, 1.165) is 30.5 Å². The van der Waals surface area contributed by atoms with Gasteiger partial charge in [-0.1, -0.05) is 35.9 Å². The summed E-state index contributed by atoms with van der Waals surface area (Å²) in [6.07, 6.45) is 5.69. The molecule has 1 saturated carbocycles. The Kier molecular flexibility index (Phi) is 4.79. The molecule has 1 aliphatic carbocycles. The summed E-state index contributed by atoms with van der Waals surface area (Å²) in [5.41, 5.74) is 2.25. The van der Waals surface area contributed by atoms with E-state index in [1.165, 1.54) is 12.8 Å². The predicted molar refractivity (Wildman–Crippen MR) is 89.5 cm³/mol. The monoisotopic (exact) mass is 312 g/mol. The first-order valence-corrected chi connectivity index (χ1v) is 8.45. The summed E-state index contributed by atoms with van der Waals surface area (Å²) in [6, 6.07) is 9.60. The highest BCUT2D eigenvalue weighted by molar-refractivity contribution is 5.93. The molecule has 4 nitrogen and oxygen atoms in total. The van der Waals surface area contributed by atoms with Crippen molar-refractivity contribution in [1.29, 1.82) is 0 Å². The van der Waals surface area contributed by atoms with E-state index < -0.39 is 0 Å². The van der Waals surface area contributed by atoms with Gasteiger partial charge in [-0.25, -0.2) is 0 Å². The quantitative estimate of drug-likeness (QED) is 0.850. The molecular formula is C19H24N2O2. The lowest BCUT2D eigenvalue weighted by atomic mass is 10.0. The number of allylic oxidation sites excluding steroid dienone is 1. The SMILES string of the molecule is CC(=CC(=O)NC1CCCN(Cc2ccccc2)C1=O)C1CC1. The summed E-state index contributed by atoms with van der Waals surface area (Å²) in [7, 11) is 0. The van der Waals surface area contributed by atoms with Crippen LogP contribution in [0.15, 0.2) is 42.0 Å². The maximum absolute atomic E-state index is 12.6. The normalized spacial score (nSPS) is 22.1. The van der Waals surface area contributed by atoms with Crippen LogP contribution in [-0.4, -0.2) is 29.3 Å². The van der Waals surface area contributed by atoms with Gasteiger partial charge in [-0.2, -0.15) is 0 Å². The molecule has 4 heteroatoms. The lowest BCUT2D eigenvalue weighted by molar-refractivity contribution is -0.138. The van der Waals surface area contributed by atoms with Gasteiger partial charge in [0.25, 0.3) is 0 Å².